The Morgan fingerprint density at radius 3 is 2.59 bits per heavy atom. The predicted molar refractivity (Wildman–Crippen MR) is 155 cm³/mol. The molecule has 1 amide bonds. The number of nitrogens with two attached hydrogens (primary N) is 1. The van der Waals surface area contributed by atoms with Crippen molar-refractivity contribution in [3.63, 3.8) is 0 Å². The fourth-order valence-electron chi connectivity index (χ4n) is 4.42. The Morgan fingerprint density at radius 1 is 0.976 bits per heavy atom. The van der Waals surface area contributed by atoms with Crippen LogP contribution in [0.15, 0.2) is 96.3 Å². The molecule has 0 aliphatic heterocycles. The number of amides is 1. The highest BCUT2D eigenvalue weighted by Gasteiger charge is 2.24. The summed E-state index contributed by atoms with van der Waals surface area (Å²) in [7, 11) is 0. The molecule has 200 valence electrons. The van der Waals surface area contributed by atoms with Crippen molar-refractivity contribution < 1.29 is 4.79 Å². The predicted octanol–water partition coefficient (Wildman–Crippen LogP) is 3.18. The molecule has 11 heteroatoms. The molecule has 0 unspecified atom stereocenters. The summed E-state index contributed by atoms with van der Waals surface area (Å²) in [6.07, 6.45) is 6.52. The van der Waals surface area contributed by atoms with Gasteiger partial charge in [0.05, 0.1) is 22.6 Å². The molecule has 11 nitrogen and oxygen atoms in total. The van der Waals surface area contributed by atoms with Crippen LogP contribution >= 0.6 is 0 Å². The van der Waals surface area contributed by atoms with E-state index in [4.69, 9.17) is 10.7 Å². The maximum absolute atomic E-state index is 14.1. The minimum absolute atomic E-state index is 0.0390. The molecule has 2 aromatic carbocycles. The Hall–Kier alpha value is -6.02. The van der Waals surface area contributed by atoms with E-state index in [1.165, 1.54) is 9.19 Å². The highest BCUT2D eigenvalue weighted by atomic mass is 16.2. The van der Waals surface area contributed by atoms with Gasteiger partial charge in [0.1, 0.15) is 5.56 Å². The van der Waals surface area contributed by atoms with Gasteiger partial charge in [-0.25, -0.2) is 19.2 Å². The first-order chi connectivity index (χ1) is 20.0. The van der Waals surface area contributed by atoms with Gasteiger partial charge in [-0.15, -0.1) is 5.10 Å². The molecular weight excluding hydrogens is 518 g/mol. The van der Waals surface area contributed by atoms with Crippen LogP contribution in [0.4, 0.5) is 11.5 Å². The van der Waals surface area contributed by atoms with Crippen LogP contribution in [0.1, 0.15) is 40.3 Å². The summed E-state index contributed by atoms with van der Waals surface area (Å²) in [5.74, 6) is 6.00. The van der Waals surface area contributed by atoms with Crippen LogP contribution in [0.25, 0.3) is 16.6 Å². The zero-order valence-electron chi connectivity index (χ0n) is 21.8. The van der Waals surface area contributed by atoms with Crippen LogP contribution in [-0.4, -0.2) is 35.1 Å². The summed E-state index contributed by atoms with van der Waals surface area (Å²) in [6, 6.07) is 19.1. The van der Waals surface area contributed by atoms with Crippen LogP contribution in [0.5, 0.6) is 0 Å². The van der Waals surface area contributed by atoms with Crippen LogP contribution in [-0.2, 0) is 0 Å². The number of nitrogens with one attached hydrogen (secondary N) is 2. The molecule has 41 heavy (non-hydrogen) atoms. The third-order valence-electron chi connectivity index (χ3n) is 6.34. The normalized spacial score (nSPS) is 11.5. The second-order valence-electron chi connectivity index (χ2n) is 9.12. The van der Waals surface area contributed by atoms with Gasteiger partial charge >= 0.3 is 0 Å². The molecule has 0 saturated carbocycles. The van der Waals surface area contributed by atoms with Gasteiger partial charge in [-0.2, -0.15) is 0 Å². The number of benzene rings is 2. The van der Waals surface area contributed by atoms with Crippen molar-refractivity contribution in [3.8, 4) is 11.8 Å². The molecule has 6 aromatic rings. The number of pyridine rings is 1. The summed E-state index contributed by atoms with van der Waals surface area (Å²) in [5.41, 5.74) is 11.7. The summed E-state index contributed by atoms with van der Waals surface area (Å²) >= 11 is 0. The maximum Gasteiger partial charge on any atom is 0.281 e. The number of carbonyl (C=O) groups is 1. The van der Waals surface area contributed by atoms with Crippen molar-refractivity contribution >= 4 is 34.0 Å². The van der Waals surface area contributed by atoms with Crippen LogP contribution in [0, 0.1) is 11.8 Å². The molecule has 1 atom stereocenters. The Morgan fingerprint density at radius 2 is 1.78 bits per heavy atom. The number of hydrogen-bond donors (Lipinski definition) is 3. The summed E-state index contributed by atoms with van der Waals surface area (Å²) in [4.78, 5) is 40.5. The van der Waals surface area contributed by atoms with Crippen LogP contribution < -0.4 is 22.0 Å². The molecular formula is C30H23N9O2. The molecule has 0 spiro atoms. The van der Waals surface area contributed by atoms with E-state index in [2.05, 4.69) is 37.7 Å². The van der Waals surface area contributed by atoms with Crippen molar-refractivity contribution in [3.05, 3.63) is 124 Å². The number of nitrogen functional groups attached to an aromatic ring is 1. The number of nitrogens with zero attached hydrogens (tertiary/aromatic N) is 6. The first-order valence-corrected chi connectivity index (χ1v) is 12.7. The molecule has 4 heterocycles. The van der Waals surface area contributed by atoms with E-state index in [0.29, 0.717) is 27.8 Å². The van der Waals surface area contributed by atoms with Crippen LogP contribution in [0.2, 0.25) is 0 Å². The third-order valence-corrected chi connectivity index (χ3v) is 6.34. The molecule has 0 saturated heterocycles. The second-order valence-corrected chi connectivity index (χ2v) is 9.12. The van der Waals surface area contributed by atoms with Gasteiger partial charge in [0.15, 0.2) is 17.3 Å². The van der Waals surface area contributed by atoms with Gasteiger partial charge in [-0.05, 0) is 49.4 Å². The largest absolute Gasteiger partial charge is 0.381 e. The average molecular weight is 542 g/mol. The Kier molecular flexibility index (Phi) is 6.55. The number of fused-ring (bicyclic) bond motifs is 2. The number of hydrogen-bond acceptors (Lipinski definition) is 8. The number of rotatable bonds is 5. The van der Waals surface area contributed by atoms with Gasteiger partial charge in [0, 0.05) is 35.9 Å². The molecule has 0 radical (unpaired) electrons. The molecule has 6 rings (SSSR count). The van der Waals surface area contributed by atoms with Gasteiger partial charge < -0.3 is 11.1 Å². The van der Waals surface area contributed by atoms with E-state index < -0.39 is 11.9 Å². The third kappa shape index (κ3) is 4.93. The van der Waals surface area contributed by atoms with Crippen molar-refractivity contribution in [1.29, 1.82) is 0 Å². The molecule has 4 aromatic heterocycles. The quantitative estimate of drug-likeness (QED) is 0.282. The average Bonchev–Trinajstić information content (AvgIpc) is 3.34. The Labute approximate surface area is 233 Å². The smallest absolute Gasteiger partial charge is 0.281 e. The van der Waals surface area contributed by atoms with E-state index in [-0.39, 0.29) is 22.8 Å². The van der Waals surface area contributed by atoms with Crippen molar-refractivity contribution in [2.24, 2.45) is 0 Å². The summed E-state index contributed by atoms with van der Waals surface area (Å²) < 4.78 is 2.77. The Bertz CT molecular complexity index is 2020. The molecule has 0 aliphatic carbocycles. The van der Waals surface area contributed by atoms with Gasteiger partial charge in [0.2, 0.25) is 0 Å². The summed E-state index contributed by atoms with van der Waals surface area (Å²) in [5, 5.41) is 7.41. The highest BCUT2D eigenvalue weighted by Crippen LogP contribution is 2.20. The highest BCUT2D eigenvalue weighted by molar-refractivity contribution is 6.04. The Balaban J connectivity index is 1.45. The monoisotopic (exact) mass is 541 g/mol. The number of para-hydroxylation sites is 1. The first kappa shape index (κ1) is 25.3. The minimum Gasteiger partial charge on any atom is -0.381 e. The van der Waals surface area contributed by atoms with Crippen molar-refractivity contribution in [2.75, 3.05) is 11.2 Å². The SMILES string of the molecule is C[C@@H](NC(=O)c1c(N)nn2cccnc12)c1nc2cccc(C#Cc3ccncc3)c2c(=O)n1Nc1ccccc1. The van der Waals surface area contributed by atoms with E-state index >= 15 is 0 Å². The second kappa shape index (κ2) is 10.6. The standard InChI is InChI=1S/C30H23N9O2/c1-19(34-29(40)25-26(31)37-38-18-6-15-33-28(25)38)27-35-23-10-5-7-21(12-11-20-13-16-32-17-14-20)24(23)30(41)39(27)36-22-8-3-2-4-9-22/h2-10,13-19,36H,1H3,(H2,31,37)(H,34,40)/t19-/m1/s1. The zero-order valence-corrected chi connectivity index (χ0v) is 21.8. The first-order valence-electron chi connectivity index (χ1n) is 12.7. The lowest BCUT2D eigenvalue weighted by Crippen LogP contribution is -2.37. The maximum atomic E-state index is 14.1. The molecule has 0 fully saturated rings. The molecule has 0 aliphatic rings. The lowest BCUT2D eigenvalue weighted by atomic mass is 10.1. The fourth-order valence-corrected chi connectivity index (χ4v) is 4.42. The number of carbonyl (C=O) groups excluding carboxylic acids is 1. The zero-order chi connectivity index (χ0) is 28.3. The topological polar surface area (TPSA) is 145 Å². The number of aromatic nitrogens is 6. The van der Waals surface area contributed by atoms with E-state index in [0.717, 1.165) is 5.56 Å². The van der Waals surface area contributed by atoms with Gasteiger partial charge in [-0.3, -0.25) is 20.0 Å². The van der Waals surface area contributed by atoms with E-state index in [1.54, 1.807) is 68.1 Å². The van der Waals surface area contributed by atoms with E-state index in [1.807, 2.05) is 30.3 Å². The fraction of sp³-hybridized carbons (Fsp3) is 0.0667. The van der Waals surface area contributed by atoms with Gasteiger partial charge in [-0.1, -0.05) is 36.1 Å². The lowest BCUT2D eigenvalue weighted by molar-refractivity contribution is 0.0940. The summed E-state index contributed by atoms with van der Waals surface area (Å²) in [6.45, 7) is 1.73. The molecule has 4 N–H and O–H groups in total. The lowest BCUT2D eigenvalue weighted by Gasteiger charge is -2.20. The van der Waals surface area contributed by atoms with Gasteiger partial charge in [0.25, 0.3) is 11.5 Å². The van der Waals surface area contributed by atoms with Crippen molar-refractivity contribution in [2.45, 2.75) is 13.0 Å². The van der Waals surface area contributed by atoms with E-state index in [9.17, 15) is 9.59 Å². The minimum atomic E-state index is -0.722. The molecule has 0 bridgehead atoms. The number of anilines is 2. The van der Waals surface area contributed by atoms with Crippen molar-refractivity contribution in [1.82, 2.24) is 34.6 Å². The van der Waals surface area contributed by atoms with Crippen LogP contribution in [0.3, 0.4) is 0 Å².